The molecular formula is C72H98N12O12. The van der Waals surface area contributed by atoms with Crippen molar-refractivity contribution in [3.63, 3.8) is 0 Å². The number of aliphatic imine (C=N–C) groups is 7. The Kier molecular flexibility index (Phi) is 47.7. The van der Waals surface area contributed by atoms with Gasteiger partial charge in [0, 0.05) is 5.41 Å². The molecule has 0 radical (unpaired) electrons. The molecule has 3 aliphatic rings. The molecule has 5 rings (SSSR count). The van der Waals surface area contributed by atoms with Crippen LogP contribution in [0.5, 0.6) is 5.75 Å². The highest BCUT2D eigenvalue weighted by Gasteiger charge is 2.41. The maximum atomic E-state index is 10.3. The van der Waals surface area contributed by atoms with Crippen LogP contribution in [0.3, 0.4) is 0 Å². The molecular weight excluding hydrogens is 1220 g/mol. The largest absolute Gasteiger partial charge is 0.428 e. The van der Waals surface area contributed by atoms with Gasteiger partial charge < -0.3 is 23.7 Å². The van der Waals surface area contributed by atoms with Gasteiger partial charge in [-0.2, -0.15) is 26.0 Å². The van der Waals surface area contributed by atoms with Gasteiger partial charge in [0.15, 0.2) is 0 Å². The Morgan fingerprint density at radius 2 is 1.08 bits per heavy atom. The molecule has 0 amide bonds. The lowest BCUT2D eigenvalue weighted by Crippen LogP contribution is -2.39. The molecule has 3 fully saturated rings. The predicted molar refractivity (Wildman–Crippen MR) is 358 cm³/mol. The summed E-state index contributed by atoms with van der Waals surface area (Å²) in [5.41, 5.74) is 2.96. The Morgan fingerprint density at radius 1 is 0.542 bits per heavy atom. The van der Waals surface area contributed by atoms with E-state index in [-0.39, 0.29) is 39.8 Å². The molecule has 96 heavy (non-hydrogen) atoms. The van der Waals surface area contributed by atoms with E-state index in [1.807, 2.05) is 37.4 Å². The minimum absolute atomic E-state index is 0.00750. The number of hydrogen-bond acceptors (Lipinski definition) is 24. The monoisotopic (exact) mass is 1320 g/mol. The lowest BCUT2D eigenvalue weighted by molar-refractivity contribution is 0.0913. The van der Waals surface area contributed by atoms with Gasteiger partial charge in [-0.3, -0.25) is 0 Å². The normalized spacial score (nSPS) is 19.0. The van der Waals surface area contributed by atoms with Crippen molar-refractivity contribution >= 4 is 48.2 Å². The van der Waals surface area contributed by atoms with Gasteiger partial charge in [-0.05, 0) is 204 Å². The zero-order valence-corrected chi connectivity index (χ0v) is 57.7. The number of ether oxygens (including phenoxy) is 5. The fourth-order valence-corrected chi connectivity index (χ4v) is 12.6. The average Bonchev–Trinajstić information content (AvgIpc) is 0.869. The number of nitriles is 5. The number of unbranched alkanes of at least 4 members (excludes halogenated alkanes) is 3. The topological polar surface area (TPSA) is 371 Å². The number of hydrogen-bond donors (Lipinski definition) is 0. The minimum Gasteiger partial charge on any atom is -0.428 e. The molecule has 0 N–H and O–H groups in total. The minimum atomic E-state index is -0.0653. The van der Waals surface area contributed by atoms with E-state index in [9.17, 15) is 33.6 Å². The first-order valence-corrected chi connectivity index (χ1v) is 32.7. The molecule has 0 saturated heterocycles. The molecule has 2 aromatic rings. The van der Waals surface area contributed by atoms with E-state index in [0.29, 0.717) is 69.3 Å². The van der Waals surface area contributed by atoms with Gasteiger partial charge in [0.05, 0.1) is 44.0 Å². The van der Waals surface area contributed by atoms with E-state index in [2.05, 4.69) is 99.8 Å². The second kappa shape index (κ2) is 52.9. The van der Waals surface area contributed by atoms with E-state index < -0.39 is 0 Å². The summed E-state index contributed by atoms with van der Waals surface area (Å²) in [4.78, 5) is 95.6. The van der Waals surface area contributed by atoms with Gasteiger partial charge in [-0.1, -0.05) is 93.0 Å². The Morgan fingerprint density at radius 3 is 1.64 bits per heavy atom. The summed E-state index contributed by atoms with van der Waals surface area (Å²) in [7, 11) is 0. The summed E-state index contributed by atoms with van der Waals surface area (Å²) >= 11 is 0. The van der Waals surface area contributed by atoms with Crippen LogP contribution in [0.15, 0.2) is 83.5 Å². The Balaban J connectivity index is 0.00000114. The van der Waals surface area contributed by atoms with Gasteiger partial charge in [0.1, 0.15) is 31.7 Å². The van der Waals surface area contributed by atoms with Gasteiger partial charge >= 0.3 is 0 Å². The van der Waals surface area contributed by atoms with E-state index in [1.165, 1.54) is 56.4 Å². The van der Waals surface area contributed by atoms with Crippen LogP contribution in [0.4, 0.5) is 5.69 Å². The lowest BCUT2D eigenvalue weighted by atomic mass is 9.63. The molecule has 0 heterocycles. The van der Waals surface area contributed by atoms with Crippen molar-refractivity contribution in [1.29, 1.82) is 26.3 Å². The molecule has 0 bridgehead atoms. The molecule has 0 spiro atoms. The van der Waals surface area contributed by atoms with E-state index in [1.54, 1.807) is 67.5 Å². The van der Waals surface area contributed by atoms with E-state index in [0.717, 1.165) is 126 Å². The van der Waals surface area contributed by atoms with Crippen LogP contribution in [-0.2, 0) is 58.9 Å². The fourth-order valence-electron chi connectivity index (χ4n) is 12.6. The Bertz CT molecular complexity index is 3080. The van der Waals surface area contributed by atoms with Crippen molar-refractivity contribution in [3.05, 3.63) is 59.7 Å². The van der Waals surface area contributed by atoms with Crippen LogP contribution >= 0.6 is 0 Å². The van der Waals surface area contributed by atoms with Gasteiger partial charge in [0.25, 0.3) is 31.3 Å². The summed E-state index contributed by atoms with van der Waals surface area (Å²) in [6.45, 7) is 22.4. The van der Waals surface area contributed by atoms with E-state index in [4.69, 9.17) is 40.5 Å². The number of rotatable bonds is 32. The number of benzene rings is 2. The molecule has 3 aliphatic carbocycles. The zero-order chi connectivity index (χ0) is 71.8. The molecule has 0 aromatic heterocycles. The third-order valence-electron chi connectivity index (χ3n) is 16.4. The fraction of sp³-hybridized carbons (Fsp3) is 0.667. The molecule has 518 valence electrons. The quantitative estimate of drug-likeness (QED) is 0.0284. The lowest BCUT2D eigenvalue weighted by Gasteiger charge is -2.44. The second-order valence-electron chi connectivity index (χ2n) is 27.2. The van der Waals surface area contributed by atoms with Crippen molar-refractivity contribution in [1.82, 2.24) is 0 Å². The van der Waals surface area contributed by atoms with Crippen LogP contribution in [0.25, 0.3) is 0 Å². The maximum absolute atomic E-state index is 10.3. The maximum Gasteiger partial charge on any atom is 0.292 e. The van der Waals surface area contributed by atoms with Gasteiger partial charge in [0.2, 0.25) is 42.6 Å². The van der Waals surface area contributed by atoms with Crippen LogP contribution in [0, 0.1) is 103 Å². The first-order valence-electron chi connectivity index (χ1n) is 32.7. The molecule has 24 nitrogen and oxygen atoms in total. The Labute approximate surface area is 567 Å². The van der Waals surface area contributed by atoms with E-state index >= 15 is 0 Å². The zero-order valence-electron chi connectivity index (χ0n) is 57.7. The molecule has 0 aliphatic heterocycles. The molecule has 3 saturated carbocycles. The Hall–Kier alpha value is -9.45. The van der Waals surface area contributed by atoms with Crippen LogP contribution in [-0.4, -0.2) is 107 Å². The number of isocyanates is 7. The van der Waals surface area contributed by atoms with Crippen molar-refractivity contribution in [2.75, 3.05) is 46.0 Å². The number of nitrogens with zero attached hydrogens (tertiary/aromatic N) is 12. The molecule has 4 atom stereocenters. The highest BCUT2D eigenvalue weighted by atomic mass is 16.5. The van der Waals surface area contributed by atoms with Gasteiger partial charge in [-0.25, -0.2) is 63.5 Å². The average molecular weight is 1320 g/mol. The van der Waals surface area contributed by atoms with Crippen LogP contribution in [0.1, 0.15) is 202 Å². The first kappa shape index (κ1) is 86.5. The first-order chi connectivity index (χ1) is 46.0. The SMILES string of the molecule is CC(CCN=C=O)CC(C)(C)COC#N.CC(COC#N)CC(C)(C)CCN=C=O.CC1(C)CC(N=C=O)CC(C)(CN=C=O)C1.N#COC1CCC(CC2CCC(N=C=O)CC2)CC1.N#COCCCCCCN=C=O.N#COc1ccc(Cc2ccc(N=C=O)cc2)cc1. The van der Waals surface area contributed by atoms with Crippen molar-refractivity contribution < 1.29 is 57.2 Å². The van der Waals surface area contributed by atoms with Gasteiger partial charge in [-0.15, -0.1) is 5.26 Å². The van der Waals surface area contributed by atoms with Crippen molar-refractivity contribution in [2.45, 2.75) is 215 Å². The third kappa shape index (κ3) is 45.8. The smallest absolute Gasteiger partial charge is 0.292 e. The van der Waals surface area contributed by atoms with Crippen LogP contribution in [0.2, 0.25) is 0 Å². The predicted octanol–water partition coefficient (Wildman–Crippen LogP) is 14.6. The summed E-state index contributed by atoms with van der Waals surface area (Å²) in [5, 5.41) is 41.5. The molecule has 2 aromatic carbocycles. The highest BCUT2D eigenvalue weighted by Crippen LogP contribution is 2.47. The second-order valence-corrected chi connectivity index (χ2v) is 27.2. The summed E-state index contributed by atoms with van der Waals surface area (Å²) < 4.78 is 23.6. The summed E-state index contributed by atoms with van der Waals surface area (Å²) in [5.74, 6) is 2.92. The third-order valence-corrected chi connectivity index (χ3v) is 16.4. The highest BCUT2D eigenvalue weighted by molar-refractivity contribution is 5.49. The van der Waals surface area contributed by atoms with Crippen molar-refractivity contribution in [3.8, 4) is 37.0 Å². The summed E-state index contributed by atoms with van der Waals surface area (Å²) in [6, 6.07) is 14.9. The molecule has 24 heteroatoms. The number of carbonyl (C=O) groups excluding carboxylic acids is 7. The van der Waals surface area contributed by atoms with Crippen molar-refractivity contribution in [2.24, 2.45) is 80.3 Å². The standard InChI is InChI=1S/C15H22N2O2.C15H10N2O2.C12H18N2O2.2C11H18N2O2.C8H12N2O2/c2*16-10-19-15-7-3-13(4-8-15)9-12-1-5-14(6-2-12)17-11-18;1-11(2)4-10(14-9-16)5-12(3,6-11)7-13-8-15;1-10(7-15-8-12)6-11(2,3)4-5-13-9-14;1-10(4-5-13-9-14)6-11(2,3)7-15-8-12;9-7-12-6-4-2-1-3-5-10-8-11/h12-15H,1-9H2;1-8H,9H2;10H,4-7H2,1-3H3;2*10H,4-7H2,1-3H3;1-6H2. The summed E-state index contributed by atoms with van der Waals surface area (Å²) in [6.07, 6.45) is 40.6. The molecule has 4 unspecified atom stereocenters. The van der Waals surface area contributed by atoms with Crippen LogP contribution < -0.4 is 4.74 Å².